The fourth-order valence-electron chi connectivity index (χ4n) is 1.95. The van der Waals surface area contributed by atoms with Crippen LogP contribution in [-0.2, 0) is 9.53 Å². The van der Waals surface area contributed by atoms with E-state index in [0.717, 1.165) is 0 Å². The van der Waals surface area contributed by atoms with E-state index in [-0.39, 0.29) is 19.2 Å². The molecule has 2 heterocycles. The molecule has 2 amide bonds. The first-order valence-corrected chi connectivity index (χ1v) is 6.27. The van der Waals surface area contributed by atoms with E-state index in [4.69, 9.17) is 14.6 Å². The van der Waals surface area contributed by atoms with Gasteiger partial charge in [0.15, 0.2) is 0 Å². The summed E-state index contributed by atoms with van der Waals surface area (Å²) in [5, 5.41) is 14.0. The van der Waals surface area contributed by atoms with Gasteiger partial charge in [-0.3, -0.25) is 10.1 Å². The Labute approximate surface area is 120 Å². The zero-order valence-electron chi connectivity index (χ0n) is 11.6. The van der Waals surface area contributed by atoms with Crippen LogP contribution in [0, 0.1) is 12.8 Å². The minimum Gasteiger partial charge on any atom is -0.481 e. The van der Waals surface area contributed by atoms with E-state index in [1.54, 1.807) is 13.0 Å². The molecule has 9 nitrogen and oxygen atoms in total. The molecule has 1 aromatic rings. The standard InChI is InChI=1S/C12H16N4O5/c1-6-3-9(20-2)15-11(13-6)16-12(19)14-8-5-21-4-7(8)10(17)18/h3,7-8H,4-5H2,1-2H3,(H,17,18)(H2,13,14,15,16,19). The number of hydrogen-bond acceptors (Lipinski definition) is 6. The summed E-state index contributed by atoms with van der Waals surface area (Å²) in [5.74, 6) is -1.37. The highest BCUT2D eigenvalue weighted by Crippen LogP contribution is 2.14. The number of carbonyl (C=O) groups excluding carboxylic acids is 1. The lowest BCUT2D eigenvalue weighted by atomic mass is 10.0. The summed E-state index contributed by atoms with van der Waals surface area (Å²) >= 11 is 0. The Bertz CT molecular complexity index is 550. The Morgan fingerprint density at radius 1 is 1.43 bits per heavy atom. The molecular formula is C12H16N4O5. The average Bonchev–Trinajstić information content (AvgIpc) is 2.85. The number of nitrogens with zero attached hydrogens (tertiary/aromatic N) is 2. The van der Waals surface area contributed by atoms with Crippen LogP contribution in [0.1, 0.15) is 5.69 Å². The fraction of sp³-hybridized carbons (Fsp3) is 0.500. The van der Waals surface area contributed by atoms with Gasteiger partial charge in [0, 0.05) is 11.8 Å². The number of ether oxygens (including phenoxy) is 2. The monoisotopic (exact) mass is 296 g/mol. The van der Waals surface area contributed by atoms with Crippen LogP contribution in [0.25, 0.3) is 0 Å². The van der Waals surface area contributed by atoms with Gasteiger partial charge in [-0.2, -0.15) is 4.98 Å². The Kier molecular flexibility index (Phi) is 4.53. The molecule has 1 aliphatic rings. The van der Waals surface area contributed by atoms with Gasteiger partial charge in [-0.05, 0) is 6.92 Å². The number of hydrogen-bond donors (Lipinski definition) is 3. The number of anilines is 1. The van der Waals surface area contributed by atoms with Gasteiger partial charge in [-0.25, -0.2) is 9.78 Å². The number of carbonyl (C=O) groups is 2. The lowest BCUT2D eigenvalue weighted by Gasteiger charge is -2.15. The zero-order valence-corrected chi connectivity index (χ0v) is 11.6. The van der Waals surface area contributed by atoms with Crippen molar-refractivity contribution in [3.63, 3.8) is 0 Å². The Morgan fingerprint density at radius 3 is 2.86 bits per heavy atom. The maximum Gasteiger partial charge on any atom is 0.321 e. The van der Waals surface area contributed by atoms with Gasteiger partial charge in [-0.15, -0.1) is 0 Å². The highest BCUT2D eigenvalue weighted by molar-refractivity contribution is 5.88. The van der Waals surface area contributed by atoms with Gasteiger partial charge in [0.05, 0.1) is 26.4 Å². The van der Waals surface area contributed by atoms with Crippen molar-refractivity contribution in [2.75, 3.05) is 25.6 Å². The molecule has 2 rings (SSSR count). The van der Waals surface area contributed by atoms with Crippen LogP contribution in [0.15, 0.2) is 6.07 Å². The molecule has 114 valence electrons. The number of urea groups is 1. The van der Waals surface area contributed by atoms with Crippen LogP contribution in [0.5, 0.6) is 5.88 Å². The van der Waals surface area contributed by atoms with Gasteiger partial charge < -0.3 is 19.9 Å². The summed E-state index contributed by atoms with van der Waals surface area (Å²) in [6, 6.07) is 0.438. The van der Waals surface area contributed by atoms with Crippen LogP contribution >= 0.6 is 0 Å². The summed E-state index contributed by atoms with van der Waals surface area (Å²) in [7, 11) is 1.46. The fourth-order valence-corrected chi connectivity index (χ4v) is 1.95. The second-order valence-corrected chi connectivity index (χ2v) is 4.56. The van der Waals surface area contributed by atoms with Gasteiger partial charge >= 0.3 is 12.0 Å². The van der Waals surface area contributed by atoms with Crippen molar-refractivity contribution in [1.29, 1.82) is 0 Å². The Hall–Kier alpha value is -2.42. The highest BCUT2D eigenvalue weighted by atomic mass is 16.5. The van der Waals surface area contributed by atoms with Gasteiger partial charge in [-0.1, -0.05) is 0 Å². The maximum absolute atomic E-state index is 11.9. The molecule has 0 aromatic carbocycles. The molecule has 1 aliphatic heterocycles. The van der Waals surface area contributed by atoms with Gasteiger partial charge in [0.25, 0.3) is 0 Å². The first-order valence-electron chi connectivity index (χ1n) is 6.27. The first kappa shape index (κ1) is 15.0. The molecule has 21 heavy (non-hydrogen) atoms. The van der Waals surface area contributed by atoms with E-state index in [1.165, 1.54) is 7.11 Å². The average molecular weight is 296 g/mol. The quantitative estimate of drug-likeness (QED) is 0.715. The van der Waals surface area contributed by atoms with E-state index in [0.29, 0.717) is 11.6 Å². The molecule has 3 N–H and O–H groups in total. The molecule has 1 saturated heterocycles. The third-order valence-electron chi connectivity index (χ3n) is 2.98. The number of carboxylic acid groups (broad SMARTS) is 1. The third-order valence-corrected chi connectivity index (χ3v) is 2.98. The van der Waals surface area contributed by atoms with E-state index in [9.17, 15) is 9.59 Å². The summed E-state index contributed by atoms with van der Waals surface area (Å²) in [5.41, 5.74) is 0.629. The highest BCUT2D eigenvalue weighted by Gasteiger charge is 2.35. The Morgan fingerprint density at radius 2 is 2.19 bits per heavy atom. The normalized spacial score (nSPS) is 20.9. The maximum atomic E-state index is 11.9. The van der Waals surface area contributed by atoms with E-state index in [2.05, 4.69) is 20.6 Å². The number of aromatic nitrogens is 2. The van der Waals surface area contributed by atoms with Crippen molar-refractivity contribution >= 4 is 17.9 Å². The first-order chi connectivity index (χ1) is 9.99. The molecule has 1 fully saturated rings. The molecule has 0 spiro atoms. The minimum atomic E-state index is -1.01. The molecule has 0 aliphatic carbocycles. The van der Waals surface area contributed by atoms with Gasteiger partial charge in [0.2, 0.25) is 11.8 Å². The van der Waals surface area contributed by atoms with Crippen LogP contribution in [0.4, 0.5) is 10.7 Å². The summed E-state index contributed by atoms with van der Waals surface area (Å²) in [4.78, 5) is 30.9. The SMILES string of the molecule is COc1cc(C)nc(NC(=O)NC2COCC2C(=O)O)n1. The number of methoxy groups -OCH3 is 1. The summed E-state index contributed by atoms with van der Waals surface area (Å²) < 4.78 is 10.0. The molecule has 1 aromatic heterocycles. The largest absolute Gasteiger partial charge is 0.481 e. The number of amides is 2. The van der Waals surface area contributed by atoms with E-state index >= 15 is 0 Å². The van der Waals surface area contributed by atoms with Gasteiger partial charge in [0.1, 0.15) is 5.92 Å². The number of rotatable bonds is 4. The lowest BCUT2D eigenvalue weighted by Crippen LogP contribution is -2.44. The molecule has 0 bridgehead atoms. The molecule has 2 unspecified atom stereocenters. The molecule has 0 radical (unpaired) electrons. The summed E-state index contributed by atoms with van der Waals surface area (Å²) in [6.45, 7) is 1.97. The molecule has 9 heteroatoms. The second-order valence-electron chi connectivity index (χ2n) is 4.56. The number of aliphatic carboxylic acids is 1. The van der Waals surface area contributed by atoms with Crippen molar-refractivity contribution < 1.29 is 24.2 Å². The van der Waals surface area contributed by atoms with Crippen molar-refractivity contribution in [3.05, 3.63) is 11.8 Å². The summed E-state index contributed by atoms with van der Waals surface area (Å²) in [6.07, 6.45) is 0. The smallest absolute Gasteiger partial charge is 0.321 e. The van der Waals surface area contributed by atoms with Crippen molar-refractivity contribution in [2.24, 2.45) is 5.92 Å². The third kappa shape index (κ3) is 3.78. The predicted molar refractivity (Wildman–Crippen MR) is 71.2 cm³/mol. The Balaban J connectivity index is 1.98. The van der Waals surface area contributed by atoms with Crippen molar-refractivity contribution in [2.45, 2.75) is 13.0 Å². The number of aryl methyl sites for hydroxylation is 1. The second kappa shape index (κ2) is 6.35. The van der Waals surface area contributed by atoms with Crippen molar-refractivity contribution in [1.82, 2.24) is 15.3 Å². The zero-order chi connectivity index (χ0) is 15.4. The minimum absolute atomic E-state index is 0.0784. The molecule has 0 saturated carbocycles. The topological polar surface area (TPSA) is 123 Å². The van der Waals surface area contributed by atoms with Crippen LogP contribution in [-0.4, -0.2) is 53.4 Å². The predicted octanol–water partition coefficient (Wildman–Crippen LogP) is 0.0147. The van der Waals surface area contributed by atoms with Crippen LogP contribution in [0.2, 0.25) is 0 Å². The van der Waals surface area contributed by atoms with Crippen LogP contribution in [0.3, 0.4) is 0 Å². The lowest BCUT2D eigenvalue weighted by molar-refractivity contribution is -0.142. The number of carboxylic acids is 1. The molecular weight excluding hydrogens is 280 g/mol. The molecule has 2 atom stereocenters. The van der Waals surface area contributed by atoms with Crippen molar-refractivity contribution in [3.8, 4) is 5.88 Å². The van der Waals surface area contributed by atoms with E-state index in [1.807, 2.05) is 0 Å². The number of nitrogens with one attached hydrogen (secondary N) is 2. The van der Waals surface area contributed by atoms with Crippen LogP contribution < -0.4 is 15.4 Å². The van der Waals surface area contributed by atoms with E-state index < -0.39 is 24.0 Å².